The number of hydrogen-bond donors (Lipinski definition) is 0. The molecule has 30 heavy (non-hydrogen) atoms. The zero-order valence-electron chi connectivity index (χ0n) is 16.6. The molecule has 0 unspecified atom stereocenters. The van der Waals surface area contributed by atoms with Gasteiger partial charge in [0.2, 0.25) is 0 Å². The third-order valence-corrected chi connectivity index (χ3v) is 5.14. The molecule has 0 bridgehead atoms. The number of benzene rings is 3. The molecule has 3 aromatic carbocycles. The summed E-state index contributed by atoms with van der Waals surface area (Å²) in [7, 11) is 3.24. The first-order chi connectivity index (χ1) is 14.6. The van der Waals surface area contributed by atoms with Crippen LogP contribution in [0.4, 0.5) is 5.69 Å². The number of hydrogen-bond acceptors (Lipinski definition) is 3. The van der Waals surface area contributed by atoms with Gasteiger partial charge in [0.15, 0.2) is 0 Å². The molecule has 4 nitrogen and oxygen atoms in total. The lowest BCUT2D eigenvalue weighted by atomic mass is 10.1. The smallest absolute Gasteiger partial charge is 0.262 e. The fourth-order valence-electron chi connectivity index (χ4n) is 3.32. The Balaban J connectivity index is 1.77. The Labute approximate surface area is 180 Å². The third-order valence-electron chi connectivity index (χ3n) is 4.89. The van der Waals surface area contributed by atoms with Gasteiger partial charge in [-0.15, -0.1) is 0 Å². The summed E-state index contributed by atoms with van der Waals surface area (Å²) in [4.78, 5) is 15.1. The predicted octanol–water partition coefficient (Wildman–Crippen LogP) is 5.83. The fourth-order valence-corrected chi connectivity index (χ4v) is 3.44. The molecule has 4 rings (SSSR count). The number of amides is 1. The molecular weight excluding hydrogens is 398 g/mol. The van der Waals surface area contributed by atoms with E-state index in [-0.39, 0.29) is 5.91 Å². The van der Waals surface area contributed by atoms with Crippen LogP contribution in [0.1, 0.15) is 11.1 Å². The van der Waals surface area contributed by atoms with Crippen LogP contribution in [0.25, 0.3) is 11.8 Å². The molecule has 1 amide bonds. The first-order valence-corrected chi connectivity index (χ1v) is 9.79. The summed E-state index contributed by atoms with van der Waals surface area (Å²) >= 11 is 6.06. The van der Waals surface area contributed by atoms with Crippen molar-refractivity contribution < 1.29 is 14.3 Å². The second-order valence-corrected chi connectivity index (χ2v) is 7.18. The predicted molar refractivity (Wildman–Crippen MR) is 121 cm³/mol. The minimum Gasteiger partial charge on any atom is -0.497 e. The van der Waals surface area contributed by atoms with Gasteiger partial charge >= 0.3 is 0 Å². The molecule has 0 spiro atoms. The minimum atomic E-state index is -0.0964. The normalized spacial score (nSPS) is 14.8. The van der Waals surface area contributed by atoms with Crippen LogP contribution in [0.15, 0.2) is 84.4 Å². The van der Waals surface area contributed by atoms with Crippen LogP contribution in [0.3, 0.4) is 0 Å². The second kappa shape index (κ2) is 8.47. The summed E-state index contributed by atoms with van der Waals surface area (Å²) < 4.78 is 10.5. The van der Waals surface area contributed by atoms with Crippen LogP contribution in [0, 0.1) is 0 Å². The maximum absolute atomic E-state index is 13.4. The van der Waals surface area contributed by atoms with Gasteiger partial charge in [0.1, 0.15) is 11.5 Å². The highest BCUT2D eigenvalue weighted by Crippen LogP contribution is 2.36. The lowest BCUT2D eigenvalue weighted by Gasteiger charge is -2.21. The van der Waals surface area contributed by atoms with E-state index in [0.717, 1.165) is 34.0 Å². The van der Waals surface area contributed by atoms with Crippen LogP contribution >= 0.6 is 11.6 Å². The molecular formula is C25H20ClNO3. The van der Waals surface area contributed by atoms with Gasteiger partial charge in [-0.2, -0.15) is 0 Å². The lowest BCUT2D eigenvalue weighted by Crippen LogP contribution is -2.24. The summed E-state index contributed by atoms with van der Waals surface area (Å²) in [5, 5.41) is 0.647. The van der Waals surface area contributed by atoms with Gasteiger partial charge in [0, 0.05) is 16.3 Å². The van der Waals surface area contributed by atoms with Crippen LogP contribution in [-0.2, 0) is 4.79 Å². The van der Waals surface area contributed by atoms with Gasteiger partial charge < -0.3 is 9.47 Å². The molecule has 5 heteroatoms. The van der Waals surface area contributed by atoms with E-state index in [2.05, 4.69) is 0 Å². The topological polar surface area (TPSA) is 38.8 Å². The Morgan fingerprint density at radius 3 is 1.93 bits per heavy atom. The first-order valence-electron chi connectivity index (χ1n) is 9.41. The number of rotatable bonds is 5. The number of carbonyl (C=O) groups is 1. The molecule has 0 fully saturated rings. The van der Waals surface area contributed by atoms with Crippen molar-refractivity contribution in [3.8, 4) is 11.5 Å². The average molecular weight is 418 g/mol. The number of anilines is 1. The number of halogens is 1. The van der Waals surface area contributed by atoms with Crippen molar-refractivity contribution in [3.63, 3.8) is 0 Å². The van der Waals surface area contributed by atoms with Crippen molar-refractivity contribution in [2.24, 2.45) is 0 Å². The van der Waals surface area contributed by atoms with E-state index in [1.165, 1.54) is 0 Å². The molecule has 0 atom stereocenters. The highest BCUT2D eigenvalue weighted by Gasteiger charge is 2.30. The van der Waals surface area contributed by atoms with Gasteiger partial charge in [-0.05, 0) is 71.8 Å². The Morgan fingerprint density at radius 1 is 0.800 bits per heavy atom. The molecule has 0 saturated carbocycles. The van der Waals surface area contributed by atoms with Crippen molar-refractivity contribution in [1.29, 1.82) is 0 Å². The van der Waals surface area contributed by atoms with Gasteiger partial charge in [0.25, 0.3) is 5.91 Å². The largest absolute Gasteiger partial charge is 0.497 e. The second-order valence-electron chi connectivity index (χ2n) is 6.75. The number of methoxy groups -OCH3 is 2. The van der Waals surface area contributed by atoms with Crippen LogP contribution in [-0.4, -0.2) is 20.1 Å². The van der Waals surface area contributed by atoms with Crippen molar-refractivity contribution in [3.05, 3.63) is 101 Å². The number of ether oxygens (including phenoxy) is 2. The SMILES string of the molecule is COc1ccc(/C=C2/C=C(c3ccc(Cl)cc3)N(c3ccc(OC)cc3)C2=O)cc1. The highest BCUT2D eigenvalue weighted by molar-refractivity contribution is 6.30. The first kappa shape index (κ1) is 19.8. The molecule has 0 aliphatic carbocycles. The van der Waals surface area contributed by atoms with Gasteiger partial charge in [0.05, 0.1) is 19.9 Å². The number of carbonyl (C=O) groups excluding carboxylic acids is 1. The monoisotopic (exact) mass is 417 g/mol. The standard InChI is InChI=1S/C25H20ClNO3/c1-29-22-11-3-17(4-12-22)15-19-16-24(18-5-7-20(26)8-6-18)27(25(19)28)21-9-13-23(30-2)14-10-21/h3-16H,1-2H3/b19-15-. The van der Waals surface area contributed by atoms with Crippen LogP contribution < -0.4 is 14.4 Å². The molecule has 0 N–H and O–H groups in total. The molecule has 0 radical (unpaired) electrons. The molecule has 150 valence electrons. The van der Waals surface area contributed by atoms with E-state index >= 15 is 0 Å². The minimum absolute atomic E-state index is 0.0964. The van der Waals surface area contributed by atoms with E-state index in [0.29, 0.717) is 10.6 Å². The molecule has 1 aliphatic heterocycles. The Kier molecular flexibility index (Phi) is 5.59. The Hall–Kier alpha value is -3.50. The fraction of sp³-hybridized carbons (Fsp3) is 0.0800. The van der Waals surface area contributed by atoms with Gasteiger partial charge in [-0.1, -0.05) is 35.9 Å². The summed E-state index contributed by atoms with van der Waals surface area (Å²) in [5.74, 6) is 1.41. The summed E-state index contributed by atoms with van der Waals surface area (Å²) in [6.07, 6.45) is 3.78. The van der Waals surface area contributed by atoms with Crippen molar-refractivity contribution in [2.45, 2.75) is 0 Å². The molecule has 1 heterocycles. The van der Waals surface area contributed by atoms with E-state index in [1.807, 2.05) is 84.9 Å². The third kappa shape index (κ3) is 3.95. The Bertz CT molecular complexity index is 1110. The maximum atomic E-state index is 13.4. The van der Waals surface area contributed by atoms with Crippen molar-refractivity contribution in [2.75, 3.05) is 19.1 Å². The average Bonchev–Trinajstić information content (AvgIpc) is 3.10. The highest BCUT2D eigenvalue weighted by atomic mass is 35.5. The molecule has 0 saturated heterocycles. The summed E-state index contributed by atoms with van der Waals surface area (Å²) in [6.45, 7) is 0. The molecule has 3 aromatic rings. The van der Waals surface area contributed by atoms with E-state index < -0.39 is 0 Å². The van der Waals surface area contributed by atoms with Gasteiger partial charge in [-0.25, -0.2) is 0 Å². The maximum Gasteiger partial charge on any atom is 0.262 e. The van der Waals surface area contributed by atoms with Crippen LogP contribution in [0.2, 0.25) is 5.02 Å². The van der Waals surface area contributed by atoms with E-state index in [4.69, 9.17) is 21.1 Å². The van der Waals surface area contributed by atoms with Gasteiger partial charge in [-0.3, -0.25) is 9.69 Å². The lowest BCUT2D eigenvalue weighted by molar-refractivity contribution is -0.113. The zero-order chi connectivity index (χ0) is 21.1. The quantitative estimate of drug-likeness (QED) is 0.490. The van der Waals surface area contributed by atoms with Crippen LogP contribution in [0.5, 0.6) is 11.5 Å². The van der Waals surface area contributed by atoms with Crippen molar-refractivity contribution in [1.82, 2.24) is 0 Å². The molecule has 0 aromatic heterocycles. The zero-order valence-corrected chi connectivity index (χ0v) is 17.4. The summed E-state index contributed by atoms with van der Waals surface area (Å²) in [6, 6.07) is 22.5. The molecule has 1 aliphatic rings. The van der Waals surface area contributed by atoms with Crippen molar-refractivity contribution >= 4 is 35.0 Å². The van der Waals surface area contributed by atoms with E-state index in [1.54, 1.807) is 19.1 Å². The number of nitrogens with zero attached hydrogens (tertiary/aromatic N) is 1. The van der Waals surface area contributed by atoms with E-state index in [9.17, 15) is 4.79 Å². The summed E-state index contributed by atoms with van der Waals surface area (Å²) in [5.41, 5.74) is 3.98. The Morgan fingerprint density at radius 2 is 1.37 bits per heavy atom.